The van der Waals surface area contributed by atoms with Crippen LogP contribution in [0.5, 0.6) is 5.75 Å². The highest BCUT2D eigenvalue weighted by atomic mass is 16.5. The third kappa shape index (κ3) is 5.21. The van der Waals surface area contributed by atoms with E-state index in [9.17, 15) is 0 Å². The highest BCUT2D eigenvalue weighted by Gasteiger charge is 1.94. The van der Waals surface area contributed by atoms with Crippen molar-refractivity contribution in [3.8, 4) is 5.75 Å². The van der Waals surface area contributed by atoms with Crippen molar-refractivity contribution < 1.29 is 14.7 Å². The van der Waals surface area contributed by atoms with Crippen LogP contribution in [0.4, 0.5) is 0 Å². The van der Waals surface area contributed by atoms with Gasteiger partial charge in [0.1, 0.15) is 18.2 Å². The number of nitrogens with two attached hydrogens (primary N) is 1. The number of oxime groups is 1. The molecule has 0 unspecified atom stereocenters. The Morgan fingerprint density at radius 1 is 1.19 bits per heavy atom. The minimum Gasteiger partial charge on any atom is -0.491 e. The van der Waals surface area contributed by atoms with Crippen molar-refractivity contribution in [1.82, 2.24) is 0 Å². The largest absolute Gasteiger partial charge is 0.491 e. The van der Waals surface area contributed by atoms with Gasteiger partial charge in [-0.15, -0.1) is 0 Å². The summed E-state index contributed by atoms with van der Waals surface area (Å²) in [5.41, 5.74) is 5.27. The number of ether oxygens (including phenoxy) is 2. The highest BCUT2D eigenvalue weighted by molar-refractivity contribution is 5.79. The van der Waals surface area contributed by atoms with E-state index in [2.05, 4.69) is 5.16 Å². The summed E-state index contributed by atoms with van der Waals surface area (Å²) in [6.45, 7) is 1.39. The topological polar surface area (TPSA) is 77.1 Å². The molecule has 0 saturated heterocycles. The maximum atomic E-state index is 8.27. The molecule has 0 aliphatic heterocycles. The molecule has 16 heavy (non-hydrogen) atoms. The van der Waals surface area contributed by atoms with Crippen LogP contribution >= 0.6 is 0 Å². The average Bonchev–Trinajstić information content (AvgIpc) is 2.34. The van der Waals surface area contributed by atoms with Gasteiger partial charge in [-0.1, -0.05) is 23.4 Å². The molecule has 0 aromatic heterocycles. The minimum atomic E-state index is 0.170. The first-order chi connectivity index (χ1) is 7.83. The van der Waals surface area contributed by atoms with E-state index in [0.717, 1.165) is 5.75 Å². The van der Waals surface area contributed by atoms with E-state index in [-0.39, 0.29) is 5.84 Å². The highest BCUT2D eigenvalue weighted by Crippen LogP contribution is 2.07. The SMILES string of the molecule is N/C(CCOCCOc1ccccc1)=N\O. The molecule has 5 heteroatoms. The summed E-state index contributed by atoms with van der Waals surface area (Å²) in [7, 11) is 0. The standard InChI is InChI=1S/C11H16N2O3/c12-11(13-14)6-7-15-8-9-16-10-4-2-1-3-5-10/h1-5,14H,6-9H2,(H2,12,13). The minimum absolute atomic E-state index is 0.170. The van der Waals surface area contributed by atoms with Crippen LogP contribution in [0, 0.1) is 0 Å². The lowest BCUT2D eigenvalue weighted by Gasteiger charge is -2.06. The smallest absolute Gasteiger partial charge is 0.141 e. The van der Waals surface area contributed by atoms with Crippen LogP contribution in [0.25, 0.3) is 0 Å². The Morgan fingerprint density at radius 3 is 2.62 bits per heavy atom. The van der Waals surface area contributed by atoms with Gasteiger partial charge in [-0.3, -0.25) is 0 Å². The van der Waals surface area contributed by atoms with Crippen LogP contribution < -0.4 is 10.5 Å². The van der Waals surface area contributed by atoms with Crippen molar-refractivity contribution in [1.29, 1.82) is 0 Å². The molecule has 0 heterocycles. The van der Waals surface area contributed by atoms with Crippen molar-refractivity contribution in [3.63, 3.8) is 0 Å². The van der Waals surface area contributed by atoms with Gasteiger partial charge in [-0.2, -0.15) is 0 Å². The second kappa shape index (κ2) is 7.53. The maximum Gasteiger partial charge on any atom is 0.141 e. The fourth-order valence-electron chi connectivity index (χ4n) is 1.06. The monoisotopic (exact) mass is 224 g/mol. The van der Waals surface area contributed by atoms with E-state index >= 15 is 0 Å². The summed E-state index contributed by atoms with van der Waals surface area (Å²) in [4.78, 5) is 0. The van der Waals surface area contributed by atoms with E-state index in [0.29, 0.717) is 26.2 Å². The Morgan fingerprint density at radius 2 is 1.94 bits per heavy atom. The Balaban J connectivity index is 2.01. The second-order valence-corrected chi connectivity index (χ2v) is 3.12. The zero-order chi connectivity index (χ0) is 11.6. The van der Waals surface area contributed by atoms with Gasteiger partial charge in [0.25, 0.3) is 0 Å². The summed E-state index contributed by atoms with van der Waals surface area (Å²) in [6, 6.07) is 9.52. The summed E-state index contributed by atoms with van der Waals surface area (Å²) in [6.07, 6.45) is 0.418. The number of amidine groups is 1. The fraction of sp³-hybridized carbons (Fsp3) is 0.364. The summed E-state index contributed by atoms with van der Waals surface area (Å²) >= 11 is 0. The molecule has 0 bridgehead atoms. The van der Waals surface area contributed by atoms with Gasteiger partial charge >= 0.3 is 0 Å². The van der Waals surface area contributed by atoms with Crippen LogP contribution in [0.1, 0.15) is 6.42 Å². The Bertz CT molecular complexity index is 314. The van der Waals surface area contributed by atoms with E-state index in [1.807, 2.05) is 30.3 Å². The number of benzene rings is 1. The van der Waals surface area contributed by atoms with Gasteiger partial charge < -0.3 is 20.4 Å². The lowest BCUT2D eigenvalue weighted by molar-refractivity contribution is 0.105. The molecule has 5 nitrogen and oxygen atoms in total. The Kier molecular flexibility index (Phi) is 5.80. The molecule has 0 aliphatic carbocycles. The molecule has 0 fully saturated rings. The first-order valence-corrected chi connectivity index (χ1v) is 5.05. The number of hydrogen-bond acceptors (Lipinski definition) is 4. The van der Waals surface area contributed by atoms with Gasteiger partial charge in [0.15, 0.2) is 0 Å². The molecule has 88 valence electrons. The molecule has 0 aliphatic rings. The molecular formula is C11H16N2O3. The van der Waals surface area contributed by atoms with Gasteiger partial charge in [0, 0.05) is 6.42 Å². The lowest BCUT2D eigenvalue weighted by Crippen LogP contribution is -2.16. The van der Waals surface area contributed by atoms with Crippen LogP contribution in [0.2, 0.25) is 0 Å². The Labute approximate surface area is 94.5 Å². The van der Waals surface area contributed by atoms with Crippen molar-refractivity contribution in [2.75, 3.05) is 19.8 Å². The van der Waals surface area contributed by atoms with Gasteiger partial charge in [0.2, 0.25) is 0 Å². The molecule has 1 aromatic carbocycles. The molecule has 0 amide bonds. The third-order valence-electron chi connectivity index (χ3n) is 1.87. The van der Waals surface area contributed by atoms with E-state index in [1.54, 1.807) is 0 Å². The zero-order valence-corrected chi connectivity index (χ0v) is 9.00. The normalized spacial score (nSPS) is 11.4. The summed E-state index contributed by atoms with van der Waals surface area (Å²) in [5, 5.41) is 11.1. The number of hydrogen-bond donors (Lipinski definition) is 2. The molecular weight excluding hydrogens is 208 g/mol. The van der Waals surface area contributed by atoms with Crippen molar-refractivity contribution in [2.45, 2.75) is 6.42 Å². The lowest BCUT2D eigenvalue weighted by atomic mass is 10.3. The quantitative estimate of drug-likeness (QED) is 0.240. The molecule has 0 spiro atoms. The van der Waals surface area contributed by atoms with E-state index in [1.165, 1.54) is 0 Å². The third-order valence-corrected chi connectivity index (χ3v) is 1.87. The maximum absolute atomic E-state index is 8.27. The second-order valence-electron chi connectivity index (χ2n) is 3.12. The first kappa shape index (κ1) is 12.3. The van der Waals surface area contributed by atoms with Crippen molar-refractivity contribution in [2.24, 2.45) is 10.9 Å². The zero-order valence-electron chi connectivity index (χ0n) is 9.00. The van der Waals surface area contributed by atoms with E-state index < -0.39 is 0 Å². The summed E-state index contributed by atoms with van der Waals surface area (Å²) < 4.78 is 10.6. The molecule has 0 saturated carbocycles. The van der Waals surface area contributed by atoms with Gasteiger partial charge in [0.05, 0.1) is 13.2 Å². The average molecular weight is 224 g/mol. The molecule has 0 atom stereocenters. The van der Waals surface area contributed by atoms with Crippen LogP contribution in [0.3, 0.4) is 0 Å². The Hall–Kier alpha value is -1.75. The predicted octanol–water partition coefficient (Wildman–Crippen LogP) is 1.22. The van der Waals surface area contributed by atoms with Crippen LogP contribution in [-0.2, 0) is 4.74 Å². The molecule has 1 rings (SSSR count). The number of rotatable bonds is 7. The molecule has 3 N–H and O–H groups in total. The van der Waals surface area contributed by atoms with Crippen molar-refractivity contribution in [3.05, 3.63) is 30.3 Å². The van der Waals surface area contributed by atoms with Crippen LogP contribution in [0.15, 0.2) is 35.5 Å². The van der Waals surface area contributed by atoms with Gasteiger partial charge in [-0.05, 0) is 12.1 Å². The number of para-hydroxylation sites is 1. The molecule has 0 radical (unpaired) electrons. The summed E-state index contributed by atoms with van der Waals surface area (Å²) in [5.74, 6) is 0.992. The fourth-order valence-corrected chi connectivity index (χ4v) is 1.06. The van der Waals surface area contributed by atoms with Crippen molar-refractivity contribution >= 4 is 5.84 Å². The number of nitrogens with zero attached hydrogens (tertiary/aromatic N) is 1. The first-order valence-electron chi connectivity index (χ1n) is 5.05. The van der Waals surface area contributed by atoms with E-state index in [4.69, 9.17) is 20.4 Å². The van der Waals surface area contributed by atoms with Gasteiger partial charge in [-0.25, -0.2) is 0 Å². The predicted molar refractivity (Wildman–Crippen MR) is 60.8 cm³/mol. The van der Waals surface area contributed by atoms with Crippen LogP contribution in [-0.4, -0.2) is 30.9 Å². The molecule has 1 aromatic rings.